The van der Waals surface area contributed by atoms with Crippen molar-refractivity contribution in [3.05, 3.63) is 75.8 Å². The molecule has 184 valence electrons. The predicted octanol–water partition coefficient (Wildman–Crippen LogP) is 5.01. The van der Waals surface area contributed by atoms with Crippen LogP contribution < -0.4 is 10.6 Å². The minimum atomic E-state index is -0.206. The molecule has 0 bridgehead atoms. The van der Waals surface area contributed by atoms with Gasteiger partial charge in [0.05, 0.1) is 23.4 Å². The number of likely N-dealkylation sites (N-methyl/N-ethyl adjacent to an activating group) is 1. The number of nitrogens with zero attached hydrogens (tertiary/aromatic N) is 4. The molecule has 1 unspecified atom stereocenters. The van der Waals surface area contributed by atoms with Crippen LogP contribution in [0.4, 0.5) is 15.6 Å². The number of hydrogen-bond acceptors (Lipinski definition) is 6. The number of likely N-dealkylation sites (tertiary alicyclic amines) is 1. The largest absolute Gasteiger partial charge is 0.322 e. The molecule has 1 atom stereocenters. The molecule has 0 aliphatic carbocycles. The van der Waals surface area contributed by atoms with Crippen molar-refractivity contribution in [2.24, 2.45) is 0 Å². The normalized spacial score (nSPS) is 17.7. The first-order valence-electron chi connectivity index (χ1n) is 12.2. The second-order valence-electron chi connectivity index (χ2n) is 9.28. The lowest BCUT2D eigenvalue weighted by molar-refractivity contribution is 0.102. The van der Waals surface area contributed by atoms with Crippen LogP contribution >= 0.6 is 11.3 Å². The monoisotopic (exact) mass is 500 g/mol. The number of anilines is 2. The lowest BCUT2D eigenvalue weighted by Gasteiger charge is -2.36. The molecule has 1 saturated heterocycles. The molecule has 2 N–H and O–H groups in total. The second-order valence-corrected chi connectivity index (χ2v) is 10.4. The van der Waals surface area contributed by atoms with Gasteiger partial charge < -0.3 is 15.1 Å². The molecule has 3 heterocycles. The third-order valence-electron chi connectivity index (χ3n) is 6.68. The van der Waals surface area contributed by atoms with Gasteiger partial charge in [0.1, 0.15) is 0 Å². The summed E-state index contributed by atoms with van der Waals surface area (Å²) >= 11 is 1.55. The van der Waals surface area contributed by atoms with Crippen LogP contribution in [0.3, 0.4) is 0 Å². The van der Waals surface area contributed by atoms with E-state index in [0.717, 1.165) is 50.0 Å². The summed E-state index contributed by atoms with van der Waals surface area (Å²) in [7, 11) is 2.07. The number of urea groups is 1. The number of nitrogens with one attached hydrogen (secondary N) is 2. The number of fused-ring (bicyclic) bond motifs is 1. The van der Waals surface area contributed by atoms with Crippen LogP contribution in [0.15, 0.2) is 48.5 Å². The molecule has 0 spiro atoms. The molecule has 2 aliphatic heterocycles. The number of amides is 3. The van der Waals surface area contributed by atoms with E-state index >= 15 is 0 Å². The van der Waals surface area contributed by atoms with Crippen LogP contribution in [0.5, 0.6) is 0 Å². The van der Waals surface area contributed by atoms with E-state index in [2.05, 4.69) is 33.6 Å². The summed E-state index contributed by atoms with van der Waals surface area (Å²) in [6, 6.07) is 16.2. The molecule has 9 heteroatoms. The van der Waals surface area contributed by atoms with Gasteiger partial charge in [-0.25, -0.2) is 9.78 Å². The van der Waals surface area contributed by atoms with Crippen molar-refractivity contribution in [3.63, 3.8) is 0 Å². The van der Waals surface area contributed by atoms with E-state index in [9.17, 15) is 9.59 Å². The highest BCUT2D eigenvalue weighted by Crippen LogP contribution is 2.33. The number of aromatic nitrogens is 1. The third-order valence-corrected chi connectivity index (χ3v) is 7.75. The van der Waals surface area contributed by atoms with E-state index in [1.165, 1.54) is 4.88 Å². The van der Waals surface area contributed by atoms with Gasteiger partial charge in [-0.05, 0) is 68.6 Å². The molecule has 3 amide bonds. The van der Waals surface area contributed by atoms with Crippen molar-refractivity contribution >= 4 is 34.1 Å². The van der Waals surface area contributed by atoms with Crippen molar-refractivity contribution in [2.75, 3.05) is 30.8 Å². The van der Waals surface area contributed by atoms with E-state index in [4.69, 9.17) is 5.26 Å². The molecular weight excluding hydrogens is 472 g/mol. The summed E-state index contributed by atoms with van der Waals surface area (Å²) < 4.78 is 0. The van der Waals surface area contributed by atoms with Crippen LogP contribution in [0.1, 0.15) is 57.4 Å². The zero-order valence-electron chi connectivity index (χ0n) is 20.2. The first kappa shape index (κ1) is 24.0. The number of thiazole rings is 1. The van der Waals surface area contributed by atoms with Gasteiger partial charge in [-0.2, -0.15) is 5.26 Å². The first-order valence-corrected chi connectivity index (χ1v) is 13.0. The van der Waals surface area contributed by atoms with Gasteiger partial charge in [0, 0.05) is 35.8 Å². The summed E-state index contributed by atoms with van der Waals surface area (Å²) in [6.07, 6.45) is 3.71. The lowest BCUT2D eigenvalue weighted by Crippen LogP contribution is -2.41. The summed E-state index contributed by atoms with van der Waals surface area (Å²) in [6.45, 7) is 2.43. The Kier molecular flexibility index (Phi) is 6.98. The number of nitriles is 1. The zero-order valence-corrected chi connectivity index (χ0v) is 21.0. The fourth-order valence-corrected chi connectivity index (χ4v) is 5.78. The van der Waals surface area contributed by atoms with Gasteiger partial charge in [0.25, 0.3) is 5.91 Å². The van der Waals surface area contributed by atoms with E-state index in [1.54, 1.807) is 41.7 Å². The molecule has 36 heavy (non-hydrogen) atoms. The number of carbonyl (C=O) groups excluding carboxylic acids is 2. The average Bonchev–Trinajstić information content (AvgIpc) is 3.30. The Hall–Kier alpha value is -3.74. The second kappa shape index (κ2) is 10.5. The van der Waals surface area contributed by atoms with Crippen molar-refractivity contribution in [1.29, 1.82) is 5.26 Å². The van der Waals surface area contributed by atoms with Crippen LogP contribution in [-0.4, -0.2) is 46.9 Å². The van der Waals surface area contributed by atoms with Crippen LogP contribution in [-0.2, 0) is 13.0 Å². The van der Waals surface area contributed by atoms with Gasteiger partial charge in [0.2, 0.25) is 0 Å². The highest BCUT2D eigenvalue weighted by molar-refractivity contribution is 7.15. The molecule has 2 aromatic carbocycles. The average molecular weight is 501 g/mol. The summed E-state index contributed by atoms with van der Waals surface area (Å²) in [5, 5.41) is 15.7. The topological polar surface area (TPSA) is 101 Å². The van der Waals surface area contributed by atoms with Gasteiger partial charge in [-0.15, -0.1) is 11.3 Å². The minimum absolute atomic E-state index is 0.131. The Balaban J connectivity index is 1.31. The Morgan fingerprint density at radius 3 is 2.83 bits per heavy atom. The molecule has 0 radical (unpaired) electrons. The van der Waals surface area contributed by atoms with Crippen LogP contribution in [0, 0.1) is 11.3 Å². The molecule has 1 aromatic heterocycles. The zero-order chi connectivity index (χ0) is 25.1. The molecule has 2 aliphatic rings. The van der Waals surface area contributed by atoms with Crippen molar-refractivity contribution in [1.82, 2.24) is 14.8 Å². The van der Waals surface area contributed by atoms with Gasteiger partial charge in [-0.3, -0.25) is 10.1 Å². The molecule has 3 aromatic rings. The predicted molar refractivity (Wildman–Crippen MR) is 140 cm³/mol. The lowest BCUT2D eigenvalue weighted by atomic mass is 9.94. The number of rotatable bonds is 4. The van der Waals surface area contributed by atoms with E-state index < -0.39 is 0 Å². The maximum absolute atomic E-state index is 13.2. The molecule has 5 rings (SSSR count). The highest BCUT2D eigenvalue weighted by atomic mass is 32.1. The Bertz CT molecular complexity index is 1330. The number of hydrogen-bond donors (Lipinski definition) is 2. The van der Waals surface area contributed by atoms with Crippen molar-refractivity contribution in [2.45, 2.75) is 38.3 Å². The Labute approximate surface area is 214 Å². The highest BCUT2D eigenvalue weighted by Gasteiger charge is 2.29. The molecule has 8 nitrogen and oxygen atoms in total. The molecular formula is C27H28N6O2S. The number of piperidine rings is 1. The summed E-state index contributed by atoms with van der Waals surface area (Å²) in [5.41, 5.74) is 3.61. The summed E-state index contributed by atoms with van der Waals surface area (Å²) in [5.74, 6) is -0.198. The van der Waals surface area contributed by atoms with Crippen molar-refractivity contribution in [3.8, 4) is 6.07 Å². The van der Waals surface area contributed by atoms with Crippen molar-refractivity contribution < 1.29 is 9.59 Å². The minimum Gasteiger partial charge on any atom is -0.317 e. The summed E-state index contributed by atoms with van der Waals surface area (Å²) in [4.78, 5) is 36.2. The quantitative estimate of drug-likeness (QED) is 0.524. The van der Waals surface area contributed by atoms with Gasteiger partial charge in [-0.1, -0.05) is 18.2 Å². The maximum Gasteiger partial charge on any atom is 0.322 e. The SMILES string of the molecule is CN1CCc2sc(NC(=O)c3cccc(C4CCCCN4C(=O)Nc4cccc(C#N)c4)c3)nc2C1. The van der Waals surface area contributed by atoms with E-state index in [0.29, 0.717) is 28.5 Å². The smallest absolute Gasteiger partial charge is 0.317 e. The maximum atomic E-state index is 13.2. The van der Waals surface area contributed by atoms with E-state index in [1.807, 2.05) is 23.1 Å². The number of carbonyl (C=O) groups is 2. The Morgan fingerprint density at radius 2 is 1.97 bits per heavy atom. The van der Waals surface area contributed by atoms with Crippen LogP contribution in [0.2, 0.25) is 0 Å². The Morgan fingerprint density at radius 1 is 1.11 bits per heavy atom. The molecule has 1 fully saturated rings. The van der Waals surface area contributed by atoms with Gasteiger partial charge >= 0.3 is 6.03 Å². The van der Waals surface area contributed by atoms with Crippen LogP contribution in [0.25, 0.3) is 0 Å². The number of benzene rings is 2. The third kappa shape index (κ3) is 5.25. The standard InChI is InChI=1S/C27H28N6O2S/c1-32-13-11-24-22(17-32)30-26(36-24)31-25(34)20-8-5-7-19(15-20)23-10-2-3-12-33(23)27(35)29-21-9-4-6-18(14-21)16-28/h4-9,14-15,23H,2-3,10-13,17H2,1H3,(H,29,35)(H,30,31,34). The van der Waals surface area contributed by atoms with Gasteiger partial charge in [0.15, 0.2) is 5.13 Å². The fraction of sp³-hybridized carbons (Fsp3) is 0.333. The van der Waals surface area contributed by atoms with E-state index in [-0.39, 0.29) is 18.0 Å². The first-order chi connectivity index (χ1) is 17.5. The molecule has 0 saturated carbocycles. The fourth-order valence-electron chi connectivity index (χ4n) is 4.82.